The smallest absolute Gasteiger partial charge is 0.261 e. The predicted octanol–water partition coefficient (Wildman–Crippen LogP) is 2.09. The van der Waals surface area contributed by atoms with Crippen LogP contribution in [-0.4, -0.2) is 32.4 Å². The van der Waals surface area contributed by atoms with Gasteiger partial charge in [0.15, 0.2) is 0 Å². The van der Waals surface area contributed by atoms with Gasteiger partial charge in [-0.2, -0.15) is 0 Å². The van der Waals surface area contributed by atoms with Crippen LogP contribution >= 0.6 is 11.3 Å². The van der Waals surface area contributed by atoms with Gasteiger partial charge in [-0.15, -0.1) is 11.3 Å². The summed E-state index contributed by atoms with van der Waals surface area (Å²) in [6.45, 7) is 1.63. The molecule has 0 aromatic carbocycles. The zero-order chi connectivity index (χ0) is 16.9. The molecule has 0 aliphatic heterocycles. The third-order valence-electron chi connectivity index (χ3n) is 3.27. The average molecular weight is 341 g/mol. The minimum absolute atomic E-state index is 0.263. The second-order valence-corrected chi connectivity index (χ2v) is 5.98. The lowest BCUT2D eigenvalue weighted by atomic mass is 10.3. The number of rotatable bonds is 5. The van der Waals surface area contributed by atoms with Gasteiger partial charge in [-0.3, -0.25) is 14.2 Å². The van der Waals surface area contributed by atoms with Gasteiger partial charge in [-0.05, 0) is 30.5 Å². The van der Waals surface area contributed by atoms with E-state index in [0.717, 1.165) is 0 Å². The molecular formula is C16H15N5O2S. The number of anilines is 1. The van der Waals surface area contributed by atoms with Crippen molar-refractivity contribution in [1.29, 1.82) is 0 Å². The summed E-state index contributed by atoms with van der Waals surface area (Å²) in [5, 5.41) is 7.20. The lowest BCUT2D eigenvalue weighted by molar-refractivity contribution is -0.117. The molecule has 2 N–H and O–H groups in total. The summed E-state index contributed by atoms with van der Waals surface area (Å²) in [4.78, 5) is 32.9. The summed E-state index contributed by atoms with van der Waals surface area (Å²) >= 11 is 1.33. The molecule has 122 valence electrons. The Kier molecular flexibility index (Phi) is 4.66. The Morgan fingerprint density at radius 3 is 2.79 bits per heavy atom. The molecule has 2 amide bonds. The number of thiophene rings is 1. The summed E-state index contributed by atoms with van der Waals surface area (Å²) in [7, 11) is 0. The van der Waals surface area contributed by atoms with Crippen LogP contribution in [0.4, 0.5) is 5.69 Å². The molecule has 0 saturated heterocycles. The Morgan fingerprint density at radius 2 is 2.17 bits per heavy atom. The van der Waals surface area contributed by atoms with Crippen molar-refractivity contribution in [3.8, 4) is 5.82 Å². The molecular weight excluding hydrogens is 326 g/mol. The third-order valence-corrected chi connectivity index (χ3v) is 4.14. The molecule has 0 spiro atoms. The van der Waals surface area contributed by atoms with Gasteiger partial charge in [-0.1, -0.05) is 6.07 Å². The van der Waals surface area contributed by atoms with E-state index >= 15 is 0 Å². The number of hydrogen-bond donors (Lipinski definition) is 2. The molecule has 1 atom stereocenters. The van der Waals surface area contributed by atoms with E-state index < -0.39 is 6.04 Å². The minimum Gasteiger partial charge on any atom is -0.340 e. The second-order valence-electron chi connectivity index (χ2n) is 5.04. The van der Waals surface area contributed by atoms with Crippen LogP contribution < -0.4 is 10.6 Å². The normalized spacial score (nSPS) is 11.7. The van der Waals surface area contributed by atoms with Gasteiger partial charge in [0.25, 0.3) is 5.91 Å². The van der Waals surface area contributed by atoms with Crippen molar-refractivity contribution >= 4 is 28.8 Å². The molecule has 8 heteroatoms. The van der Waals surface area contributed by atoms with E-state index in [9.17, 15) is 9.59 Å². The predicted molar refractivity (Wildman–Crippen MR) is 91.2 cm³/mol. The van der Waals surface area contributed by atoms with Gasteiger partial charge in [0, 0.05) is 12.4 Å². The number of aromatic nitrogens is 3. The van der Waals surface area contributed by atoms with E-state index in [4.69, 9.17) is 0 Å². The van der Waals surface area contributed by atoms with E-state index in [1.54, 1.807) is 60.7 Å². The Morgan fingerprint density at radius 1 is 1.29 bits per heavy atom. The molecule has 1 unspecified atom stereocenters. The van der Waals surface area contributed by atoms with Crippen LogP contribution in [0.1, 0.15) is 16.6 Å². The summed E-state index contributed by atoms with van der Waals surface area (Å²) < 4.78 is 1.76. The van der Waals surface area contributed by atoms with E-state index in [0.29, 0.717) is 16.4 Å². The highest BCUT2D eigenvalue weighted by molar-refractivity contribution is 7.12. The van der Waals surface area contributed by atoms with Crippen LogP contribution in [0, 0.1) is 0 Å². The zero-order valence-electron chi connectivity index (χ0n) is 12.8. The Bertz CT molecular complexity index is 813. The molecule has 3 heterocycles. The number of pyridine rings is 1. The monoisotopic (exact) mass is 341 g/mol. The summed E-state index contributed by atoms with van der Waals surface area (Å²) in [6, 6.07) is 6.36. The Labute approximate surface area is 142 Å². The maximum Gasteiger partial charge on any atom is 0.261 e. The van der Waals surface area contributed by atoms with Crippen molar-refractivity contribution < 1.29 is 9.59 Å². The van der Waals surface area contributed by atoms with Crippen molar-refractivity contribution in [2.24, 2.45) is 0 Å². The fraction of sp³-hybridized carbons (Fsp3) is 0.125. The van der Waals surface area contributed by atoms with E-state index in [2.05, 4.69) is 20.6 Å². The maximum absolute atomic E-state index is 12.2. The van der Waals surface area contributed by atoms with Crippen molar-refractivity contribution in [2.75, 3.05) is 5.32 Å². The highest BCUT2D eigenvalue weighted by Gasteiger charge is 2.17. The SMILES string of the molecule is CC(NC(=O)c1cccs1)C(=O)Nc1ccc(-n2ccnc2)nc1. The standard InChI is InChI=1S/C16H15N5O2S/c1-11(19-16(23)13-3-2-8-24-13)15(22)20-12-4-5-14(18-9-12)21-7-6-17-10-21/h2-11H,1H3,(H,19,23)(H,20,22). The summed E-state index contributed by atoms with van der Waals surface area (Å²) in [5.41, 5.74) is 0.557. The number of nitrogens with zero attached hydrogens (tertiary/aromatic N) is 3. The zero-order valence-corrected chi connectivity index (χ0v) is 13.7. The first-order valence-electron chi connectivity index (χ1n) is 7.23. The average Bonchev–Trinajstić information content (AvgIpc) is 3.29. The number of nitrogens with one attached hydrogen (secondary N) is 2. The molecule has 0 radical (unpaired) electrons. The quantitative estimate of drug-likeness (QED) is 0.744. The van der Waals surface area contributed by atoms with Gasteiger partial charge < -0.3 is 10.6 Å². The number of hydrogen-bond acceptors (Lipinski definition) is 5. The molecule has 3 aromatic heterocycles. The van der Waals surface area contributed by atoms with Crippen LogP contribution in [0.3, 0.4) is 0 Å². The van der Waals surface area contributed by atoms with Gasteiger partial charge >= 0.3 is 0 Å². The first kappa shape index (κ1) is 15.9. The van der Waals surface area contributed by atoms with Crippen LogP contribution in [0.5, 0.6) is 0 Å². The fourth-order valence-corrected chi connectivity index (χ4v) is 2.63. The van der Waals surface area contributed by atoms with Crippen molar-refractivity contribution in [2.45, 2.75) is 13.0 Å². The van der Waals surface area contributed by atoms with E-state index in [1.165, 1.54) is 11.3 Å². The summed E-state index contributed by atoms with van der Waals surface area (Å²) in [6.07, 6.45) is 6.64. The number of carbonyl (C=O) groups excluding carboxylic acids is 2. The maximum atomic E-state index is 12.2. The van der Waals surface area contributed by atoms with Crippen LogP contribution in [0.2, 0.25) is 0 Å². The van der Waals surface area contributed by atoms with Crippen molar-refractivity contribution in [3.63, 3.8) is 0 Å². The number of amides is 2. The molecule has 3 rings (SSSR count). The van der Waals surface area contributed by atoms with E-state index in [1.807, 2.05) is 5.38 Å². The largest absolute Gasteiger partial charge is 0.340 e. The topological polar surface area (TPSA) is 88.9 Å². The molecule has 3 aromatic rings. The van der Waals surface area contributed by atoms with Gasteiger partial charge in [0.2, 0.25) is 5.91 Å². The lowest BCUT2D eigenvalue weighted by Crippen LogP contribution is -2.41. The van der Waals surface area contributed by atoms with Crippen molar-refractivity contribution in [1.82, 2.24) is 19.9 Å². The molecule has 0 bridgehead atoms. The molecule has 0 aliphatic rings. The number of imidazole rings is 1. The third kappa shape index (κ3) is 3.66. The first-order chi connectivity index (χ1) is 11.6. The van der Waals surface area contributed by atoms with Gasteiger partial charge in [0.1, 0.15) is 18.2 Å². The van der Waals surface area contributed by atoms with Crippen molar-refractivity contribution in [3.05, 3.63) is 59.4 Å². The second kappa shape index (κ2) is 7.05. The molecule has 7 nitrogen and oxygen atoms in total. The fourth-order valence-electron chi connectivity index (χ4n) is 2.00. The highest BCUT2D eigenvalue weighted by atomic mass is 32.1. The van der Waals surface area contributed by atoms with Gasteiger partial charge in [0.05, 0.1) is 16.8 Å². The lowest BCUT2D eigenvalue weighted by Gasteiger charge is -2.13. The number of carbonyl (C=O) groups is 2. The Hall–Kier alpha value is -3.00. The molecule has 0 fully saturated rings. The van der Waals surface area contributed by atoms with Crippen LogP contribution in [0.15, 0.2) is 54.6 Å². The van der Waals surface area contributed by atoms with Crippen LogP contribution in [-0.2, 0) is 4.79 Å². The molecule has 24 heavy (non-hydrogen) atoms. The summed E-state index contributed by atoms with van der Waals surface area (Å²) in [5.74, 6) is 0.128. The van der Waals surface area contributed by atoms with Gasteiger partial charge in [-0.25, -0.2) is 9.97 Å². The first-order valence-corrected chi connectivity index (χ1v) is 8.11. The molecule has 0 aliphatic carbocycles. The van der Waals surface area contributed by atoms with Crippen LogP contribution in [0.25, 0.3) is 5.82 Å². The highest BCUT2D eigenvalue weighted by Crippen LogP contribution is 2.11. The Balaban J connectivity index is 1.59. The minimum atomic E-state index is -0.659. The van der Waals surface area contributed by atoms with E-state index in [-0.39, 0.29) is 11.8 Å². The molecule has 0 saturated carbocycles.